The maximum Gasteiger partial charge on any atom is 0.320 e. The van der Waals surface area contributed by atoms with E-state index in [1.165, 1.54) is 0 Å². The van der Waals surface area contributed by atoms with Crippen LogP contribution in [0.1, 0.15) is 26.3 Å². The summed E-state index contributed by atoms with van der Waals surface area (Å²) in [6.07, 6.45) is 0. The Morgan fingerprint density at radius 1 is 1.43 bits per heavy atom. The number of carbonyl (C=O) groups is 1. The van der Waals surface area contributed by atoms with Crippen LogP contribution in [0.4, 0.5) is 0 Å². The van der Waals surface area contributed by atoms with Gasteiger partial charge in [-0.1, -0.05) is 13.8 Å². The van der Waals surface area contributed by atoms with Gasteiger partial charge in [0.1, 0.15) is 6.04 Å². The van der Waals surface area contributed by atoms with Gasteiger partial charge in [0, 0.05) is 6.54 Å². The zero-order valence-corrected chi connectivity index (χ0v) is 14.4. The number of ether oxygens (including phenoxy) is 2. The van der Waals surface area contributed by atoms with Crippen molar-refractivity contribution in [3.8, 4) is 11.5 Å². The molecule has 0 aliphatic heterocycles. The lowest BCUT2D eigenvalue weighted by Gasteiger charge is -2.19. The van der Waals surface area contributed by atoms with Gasteiger partial charge in [-0.3, -0.25) is 4.79 Å². The minimum absolute atomic E-state index is 0.00977. The number of carboxylic acid groups (broad SMARTS) is 1. The lowest BCUT2D eigenvalue weighted by molar-refractivity contribution is -0.140. The van der Waals surface area contributed by atoms with Crippen molar-refractivity contribution >= 4 is 21.9 Å². The van der Waals surface area contributed by atoms with E-state index in [4.69, 9.17) is 9.47 Å². The third-order valence-corrected chi connectivity index (χ3v) is 3.62. The van der Waals surface area contributed by atoms with Crippen molar-refractivity contribution in [1.29, 1.82) is 0 Å². The van der Waals surface area contributed by atoms with Crippen LogP contribution in [0, 0.1) is 5.92 Å². The summed E-state index contributed by atoms with van der Waals surface area (Å²) in [6.45, 7) is 6.63. The molecule has 0 aliphatic carbocycles. The number of rotatable bonds is 8. The number of aliphatic carboxylic acids is 1. The van der Waals surface area contributed by atoms with Crippen LogP contribution in [-0.4, -0.2) is 30.8 Å². The quantitative estimate of drug-likeness (QED) is 0.746. The fourth-order valence-corrected chi connectivity index (χ4v) is 2.67. The van der Waals surface area contributed by atoms with E-state index in [-0.39, 0.29) is 5.92 Å². The van der Waals surface area contributed by atoms with Crippen LogP contribution in [-0.2, 0) is 11.3 Å². The zero-order valence-electron chi connectivity index (χ0n) is 12.8. The number of hydrogen-bond donors (Lipinski definition) is 2. The van der Waals surface area contributed by atoms with Crippen LogP contribution >= 0.6 is 15.9 Å². The predicted octanol–water partition coefficient (Wildman–Crippen LogP) is 3.06. The highest BCUT2D eigenvalue weighted by Crippen LogP contribution is 2.36. The molecule has 1 aromatic carbocycles. The van der Waals surface area contributed by atoms with Crippen molar-refractivity contribution < 1.29 is 19.4 Å². The molecule has 0 radical (unpaired) electrons. The molecule has 1 rings (SSSR count). The van der Waals surface area contributed by atoms with Crippen LogP contribution in [0.5, 0.6) is 11.5 Å². The number of halogens is 1. The molecule has 0 unspecified atom stereocenters. The molecule has 5 nitrogen and oxygen atoms in total. The summed E-state index contributed by atoms with van der Waals surface area (Å²) in [4.78, 5) is 11.2. The van der Waals surface area contributed by atoms with Crippen molar-refractivity contribution in [2.45, 2.75) is 33.4 Å². The fourth-order valence-electron chi connectivity index (χ4n) is 2.02. The molecule has 0 saturated heterocycles. The van der Waals surface area contributed by atoms with Crippen molar-refractivity contribution in [3.05, 3.63) is 22.2 Å². The topological polar surface area (TPSA) is 67.8 Å². The molecule has 0 saturated carbocycles. The highest BCUT2D eigenvalue weighted by molar-refractivity contribution is 9.10. The molecule has 1 aromatic rings. The summed E-state index contributed by atoms with van der Waals surface area (Å²) in [5.41, 5.74) is 0.929. The van der Waals surface area contributed by atoms with E-state index < -0.39 is 12.0 Å². The Balaban J connectivity index is 2.91. The largest absolute Gasteiger partial charge is 0.492 e. The monoisotopic (exact) mass is 359 g/mol. The smallest absolute Gasteiger partial charge is 0.320 e. The Kier molecular flexibility index (Phi) is 6.98. The number of hydrogen-bond acceptors (Lipinski definition) is 4. The average molecular weight is 360 g/mol. The first-order valence-electron chi connectivity index (χ1n) is 6.86. The Labute approximate surface area is 133 Å². The van der Waals surface area contributed by atoms with Gasteiger partial charge in [-0.15, -0.1) is 0 Å². The van der Waals surface area contributed by atoms with Gasteiger partial charge in [0.25, 0.3) is 0 Å². The normalized spacial score (nSPS) is 12.3. The molecule has 0 aromatic heterocycles. The predicted molar refractivity (Wildman–Crippen MR) is 85.0 cm³/mol. The van der Waals surface area contributed by atoms with Crippen LogP contribution in [0.2, 0.25) is 0 Å². The molecule has 0 fully saturated rings. The first-order valence-corrected chi connectivity index (χ1v) is 7.65. The SMILES string of the molecule is CCOc1cc(CN[C@H](C(=O)O)C(C)C)cc(Br)c1OC. The van der Waals surface area contributed by atoms with E-state index in [0.717, 1.165) is 10.0 Å². The highest BCUT2D eigenvalue weighted by Gasteiger charge is 2.21. The molecule has 21 heavy (non-hydrogen) atoms. The third kappa shape index (κ3) is 4.89. The van der Waals surface area contributed by atoms with Gasteiger partial charge in [-0.05, 0) is 46.5 Å². The Hall–Kier alpha value is -1.27. The fraction of sp³-hybridized carbons (Fsp3) is 0.533. The van der Waals surface area contributed by atoms with E-state index in [1.54, 1.807) is 7.11 Å². The van der Waals surface area contributed by atoms with Crippen LogP contribution in [0.25, 0.3) is 0 Å². The molecule has 0 aliphatic rings. The summed E-state index contributed by atoms with van der Waals surface area (Å²) >= 11 is 3.44. The van der Waals surface area contributed by atoms with Crippen LogP contribution in [0.3, 0.4) is 0 Å². The Bertz CT molecular complexity index is 491. The first kappa shape index (κ1) is 17.8. The van der Waals surface area contributed by atoms with E-state index >= 15 is 0 Å². The van der Waals surface area contributed by atoms with Crippen LogP contribution < -0.4 is 14.8 Å². The van der Waals surface area contributed by atoms with Crippen molar-refractivity contribution in [3.63, 3.8) is 0 Å². The second kappa shape index (κ2) is 8.24. The average Bonchev–Trinajstić information content (AvgIpc) is 2.38. The van der Waals surface area contributed by atoms with E-state index in [1.807, 2.05) is 32.9 Å². The van der Waals surface area contributed by atoms with Crippen molar-refractivity contribution in [1.82, 2.24) is 5.32 Å². The molecule has 0 bridgehead atoms. The molecule has 0 amide bonds. The molecular formula is C15H22BrNO4. The maximum absolute atomic E-state index is 11.2. The minimum Gasteiger partial charge on any atom is -0.492 e. The molecule has 2 N–H and O–H groups in total. The van der Waals surface area contributed by atoms with Gasteiger partial charge in [0.15, 0.2) is 11.5 Å². The molecule has 0 spiro atoms. The zero-order chi connectivity index (χ0) is 16.0. The summed E-state index contributed by atoms with van der Waals surface area (Å²) in [6, 6.07) is 3.17. The number of nitrogens with one attached hydrogen (secondary N) is 1. The molecule has 1 atom stereocenters. The van der Waals surface area contributed by atoms with E-state index in [9.17, 15) is 9.90 Å². The van der Waals surface area contributed by atoms with Crippen molar-refractivity contribution in [2.24, 2.45) is 5.92 Å². The van der Waals surface area contributed by atoms with Gasteiger partial charge in [-0.25, -0.2) is 0 Å². The van der Waals surface area contributed by atoms with Gasteiger partial charge in [0.2, 0.25) is 0 Å². The van der Waals surface area contributed by atoms with E-state index in [2.05, 4.69) is 21.2 Å². The molecular weight excluding hydrogens is 338 g/mol. The highest BCUT2D eigenvalue weighted by atomic mass is 79.9. The number of benzene rings is 1. The summed E-state index contributed by atoms with van der Waals surface area (Å²) in [5.74, 6) is 0.444. The minimum atomic E-state index is -0.845. The Morgan fingerprint density at radius 3 is 2.57 bits per heavy atom. The second-order valence-electron chi connectivity index (χ2n) is 4.98. The number of methoxy groups -OCH3 is 1. The van der Waals surface area contributed by atoms with Gasteiger partial charge < -0.3 is 19.9 Å². The van der Waals surface area contributed by atoms with Gasteiger partial charge >= 0.3 is 5.97 Å². The molecule has 6 heteroatoms. The van der Waals surface area contributed by atoms with Crippen LogP contribution in [0.15, 0.2) is 16.6 Å². The first-order chi connectivity index (χ1) is 9.90. The second-order valence-corrected chi connectivity index (χ2v) is 5.84. The summed E-state index contributed by atoms with van der Waals surface area (Å²) < 4.78 is 11.6. The third-order valence-electron chi connectivity index (χ3n) is 3.03. The Morgan fingerprint density at radius 2 is 2.10 bits per heavy atom. The lowest BCUT2D eigenvalue weighted by atomic mass is 10.0. The van der Waals surface area contributed by atoms with E-state index in [0.29, 0.717) is 24.7 Å². The maximum atomic E-state index is 11.2. The van der Waals surface area contributed by atoms with Gasteiger partial charge in [-0.2, -0.15) is 0 Å². The summed E-state index contributed by atoms with van der Waals surface area (Å²) in [7, 11) is 1.58. The molecule has 0 heterocycles. The van der Waals surface area contributed by atoms with Gasteiger partial charge in [0.05, 0.1) is 18.2 Å². The standard InChI is InChI=1S/C15H22BrNO4/c1-5-21-12-7-10(6-11(16)14(12)20-4)8-17-13(9(2)3)15(18)19/h6-7,9,13,17H,5,8H2,1-4H3,(H,18,19)/t13-/m0/s1. The summed E-state index contributed by atoms with van der Waals surface area (Å²) in [5, 5.41) is 12.2. The lowest BCUT2D eigenvalue weighted by Crippen LogP contribution is -2.40. The number of carboxylic acids is 1. The van der Waals surface area contributed by atoms with Crippen molar-refractivity contribution in [2.75, 3.05) is 13.7 Å². The molecule has 118 valence electrons.